The first kappa shape index (κ1) is 35.7. The van der Waals surface area contributed by atoms with Crippen molar-refractivity contribution in [3.05, 3.63) is 42.0 Å². The Hall–Kier alpha value is -3.09. The number of hydrogen-bond donors (Lipinski definition) is 1. The highest BCUT2D eigenvalue weighted by Crippen LogP contribution is 2.77. The largest absolute Gasteiger partial charge is 0.493 e. The van der Waals surface area contributed by atoms with Crippen molar-refractivity contribution >= 4 is 24.0 Å². The highest BCUT2D eigenvalue weighted by molar-refractivity contribution is 5.87. The van der Waals surface area contributed by atoms with E-state index in [1.54, 1.807) is 24.3 Å². The van der Waals surface area contributed by atoms with Crippen molar-refractivity contribution < 1.29 is 33.7 Å². The van der Waals surface area contributed by atoms with Crippen LogP contribution < -0.4 is 9.47 Å². The van der Waals surface area contributed by atoms with Crippen molar-refractivity contribution in [1.29, 1.82) is 0 Å². The van der Waals surface area contributed by atoms with Crippen molar-refractivity contribution in [2.75, 3.05) is 7.11 Å². The Balaban J connectivity index is 1.20. The van der Waals surface area contributed by atoms with Gasteiger partial charge in [-0.25, -0.2) is 4.79 Å². The molecule has 6 rings (SSSR count). The SMILES string of the molecule is C=C(C)[C@@H]1CC[C@]2(C(=O)O)CC[C@]3(C)C(CCC4[C@@]5(C)CC[C@H](OC(=O)/C=C/c6ccc(OC(C)=O)c(OC)c6)C(C)(C)C5CC[C@]43C)C12. The summed E-state index contributed by atoms with van der Waals surface area (Å²) in [6.45, 7) is 20.1. The summed E-state index contributed by atoms with van der Waals surface area (Å²) in [6.07, 6.45) is 12.8. The molecule has 1 aromatic rings. The van der Waals surface area contributed by atoms with Crippen LogP contribution in [0.25, 0.3) is 6.08 Å². The first-order valence-corrected chi connectivity index (χ1v) is 18.6. The van der Waals surface area contributed by atoms with Gasteiger partial charge in [-0.2, -0.15) is 0 Å². The number of carbonyl (C=O) groups excluding carboxylic acids is 2. The zero-order valence-corrected chi connectivity index (χ0v) is 31.0. The van der Waals surface area contributed by atoms with E-state index in [1.807, 2.05) is 0 Å². The molecule has 0 bridgehead atoms. The summed E-state index contributed by atoms with van der Waals surface area (Å²) in [5, 5.41) is 10.7. The van der Waals surface area contributed by atoms with E-state index in [0.29, 0.717) is 35.2 Å². The molecule has 4 unspecified atom stereocenters. The van der Waals surface area contributed by atoms with Gasteiger partial charge in [-0.05, 0) is 141 Å². The molecule has 5 aliphatic rings. The van der Waals surface area contributed by atoms with Gasteiger partial charge >= 0.3 is 17.9 Å². The van der Waals surface area contributed by atoms with E-state index in [0.717, 1.165) is 69.8 Å². The molecule has 10 atom stereocenters. The van der Waals surface area contributed by atoms with Gasteiger partial charge in [0, 0.05) is 18.4 Å². The van der Waals surface area contributed by atoms with Crippen LogP contribution in [0.5, 0.6) is 11.5 Å². The van der Waals surface area contributed by atoms with E-state index in [9.17, 15) is 19.5 Å². The third kappa shape index (κ3) is 5.39. The van der Waals surface area contributed by atoms with E-state index in [4.69, 9.17) is 14.2 Å². The van der Waals surface area contributed by atoms with Gasteiger partial charge in [-0.1, -0.05) is 52.8 Å². The Kier molecular flexibility index (Phi) is 8.97. The van der Waals surface area contributed by atoms with Gasteiger partial charge in [-0.15, -0.1) is 0 Å². The number of benzene rings is 1. The van der Waals surface area contributed by atoms with Crippen molar-refractivity contribution in [3.8, 4) is 11.5 Å². The van der Waals surface area contributed by atoms with Crippen LogP contribution in [0.1, 0.15) is 118 Å². The quantitative estimate of drug-likeness (QED) is 0.133. The summed E-state index contributed by atoms with van der Waals surface area (Å²) in [7, 11) is 1.51. The van der Waals surface area contributed by atoms with Crippen LogP contribution in [-0.4, -0.2) is 36.2 Å². The normalized spacial score (nSPS) is 40.7. The molecule has 7 heteroatoms. The van der Waals surface area contributed by atoms with Gasteiger partial charge in [0.25, 0.3) is 0 Å². The van der Waals surface area contributed by atoms with Gasteiger partial charge in [-0.3, -0.25) is 9.59 Å². The Morgan fingerprint density at radius 2 is 1.59 bits per heavy atom. The van der Waals surface area contributed by atoms with Crippen LogP contribution in [0.2, 0.25) is 0 Å². The molecule has 49 heavy (non-hydrogen) atoms. The van der Waals surface area contributed by atoms with E-state index in [2.05, 4.69) is 48.1 Å². The number of ether oxygens (including phenoxy) is 3. The minimum absolute atomic E-state index is 0.0862. The lowest BCUT2D eigenvalue weighted by molar-refractivity contribution is -0.250. The fourth-order valence-electron chi connectivity index (χ4n) is 13.1. The number of allylic oxidation sites excluding steroid dienone is 1. The van der Waals surface area contributed by atoms with Gasteiger partial charge in [0.05, 0.1) is 12.5 Å². The number of methoxy groups -OCH3 is 1. The lowest BCUT2D eigenvalue weighted by Crippen LogP contribution is -2.67. The Morgan fingerprint density at radius 1 is 0.857 bits per heavy atom. The molecule has 0 aliphatic heterocycles. The average Bonchev–Trinajstić information content (AvgIpc) is 3.44. The van der Waals surface area contributed by atoms with E-state index >= 15 is 0 Å². The highest BCUT2D eigenvalue weighted by Gasteiger charge is 2.72. The standard InChI is InChI=1S/C42H58O7/c1-25(2)28-16-21-42(37(45)46)23-22-40(7)29(36(28)42)12-14-33-39(6)19-18-34(38(4,5)32(39)17-20-41(33,40)8)49-35(44)15-11-27-10-13-30(48-26(3)43)31(24-27)47-9/h10-11,13,15,24,28-29,32-34,36H,1,12,14,16-23H2,2-9H3,(H,45,46)/b15-11+/t28-,29?,32?,33?,34-,36?,39-,40+,41+,42-/m0/s1. The predicted molar refractivity (Wildman–Crippen MR) is 190 cm³/mol. The number of carboxylic acid groups (broad SMARTS) is 1. The molecule has 5 aliphatic carbocycles. The number of hydrogen-bond acceptors (Lipinski definition) is 6. The summed E-state index contributed by atoms with van der Waals surface area (Å²) in [4.78, 5) is 37.6. The van der Waals surface area contributed by atoms with Crippen LogP contribution in [0.4, 0.5) is 0 Å². The minimum atomic E-state index is -0.601. The smallest absolute Gasteiger partial charge is 0.331 e. The first-order chi connectivity index (χ1) is 22.9. The summed E-state index contributed by atoms with van der Waals surface area (Å²) in [5.74, 6) is 1.23. The molecule has 0 saturated heterocycles. The van der Waals surface area contributed by atoms with Gasteiger partial charge in [0.1, 0.15) is 6.10 Å². The summed E-state index contributed by atoms with van der Waals surface area (Å²) in [6, 6.07) is 5.16. The molecule has 0 heterocycles. The second-order valence-electron chi connectivity index (χ2n) is 17.8. The molecule has 268 valence electrons. The second-order valence-corrected chi connectivity index (χ2v) is 17.8. The minimum Gasteiger partial charge on any atom is -0.493 e. The number of carboxylic acids is 1. The fourth-order valence-corrected chi connectivity index (χ4v) is 13.1. The van der Waals surface area contributed by atoms with Gasteiger partial charge in [0.2, 0.25) is 0 Å². The van der Waals surface area contributed by atoms with Crippen molar-refractivity contribution in [3.63, 3.8) is 0 Å². The second kappa shape index (κ2) is 12.3. The molecule has 0 aromatic heterocycles. The lowest BCUT2D eigenvalue weighted by atomic mass is 9.32. The molecule has 0 spiro atoms. The molecule has 5 fully saturated rings. The topological polar surface area (TPSA) is 99.1 Å². The van der Waals surface area contributed by atoms with Crippen LogP contribution in [0.3, 0.4) is 0 Å². The molecule has 0 radical (unpaired) electrons. The molecule has 1 N–H and O–H groups in total. The van der Waals surface area contributed by atoms with Crippen LogP contribution in [-0.2, 0) is 19.1 Å². The number of aliphatic carboxylic acids is 1. The van der Waals surface area contributed by atoms with Crippen molar-refractivity contribution in [1.82, 2.24) is 0 Å². The monoisotopic (exact) mass is 674 g/mol. The number of rotatable bonds is 7. The Bertz CT molecular complexity index is 1560. The Morgan fingerprint density at radius 3 is 2.24 bits per heavy atom. The van der Waals surface area contributed by atoms with E-state index in [1.165, 1.54) is 25.7 Å². The van der Waals surface area contributed by atoms with Crippen LogP contribution in [0, 0.1) is 56.7 Å². The van der Waals surface area contributed by atoms with Crippen molar-refractivity contribution in [2.24, 2.45) is 56.7 Å². The zero-order valence-electron chi connectivity index (χ0n) is 31.0. The zero-order chi connectivity index (χ0) is 35.7. The van der Waals surface area contributed by atoms with Gasteiger partial charge < -0.3 is 19.3 Å². The molecular weight excluding hydrogens is 616 g/mol. The summed E-state index contributed by atoms with van der Waals surface area (Å²) >= 11 is 0. The van der Waals surface area contributed by atoms with Crippen LogP contribution in [0.15, 0.2) is 36.4 Å². The lowest BCUT2D eigenvalue weighted by Gasteiger charge is -2.72. The molecule has 1 aromatic carbocycles. The number of fused-ring (bicyclic) bond motifs is 7. The number of esters is 2. The maximum Gasteiger partial charge on any atom is 0.331 e. The predicted octanol–water partition coefficient (Wildman–Crippen LogP) is 9.29. The maximum atomic E-state index is 13.2. The molecule has 0 amide bonds. The summed E-state index contributed by atoms with van der Waals surface area (Å²) in [5.41, 5.74) is 1.45. The highest BCUT2D eigenvalue weighted by atomic mass is 16.6. The van der Waals surface area contributed by atoms with Crippen LogP contribution >= 0.6 is 0 Å². The average molecular weight is 675 g/mol. The number of carbonyl (C=O) groups is 3. The third-order valence-electron chi connectivity index (χ3n) is 15.5. The third-order valence-corrected chi connectivity index (χ3v) is 15.5. The molecule has 7 nitrogen and oxygen atoms in total. The molecule has 5 saturated carbocycles. The molecular formula is C42H58O7. The van der Waals surface area contributed by atoms with Gasteiger partial charge in [0.15, 0.2) is 11.5 Å². The first-order valence-electron chi connectivity index (χ1n) is 18.6. The fraction of sp³-hybridized carbons (Fsp3) is 0.690. The van der Waals surface area contributed by atoms with E-state index in [-0.39, 0.29) is 39.7 Å². The Labute approximate surface area is 293 Å². The van der Waals surface area contributed by atoms with E-state index < -0.39 is 17.4 Å². The van der Waals surface area contributed by atoms with Crippen molar-refractivity contribution in [2.45, 2.75) is 119 Å². The summed E-state index contributed by atoms with van der Waals surface area (Å²) < 4.78 is 16.8. The maximum absolute atomic E-state index is 13.2.